The van der Waals surface area contributed by atoms with Crippen molar-refractivity contribution >= 4 is 0 Å². The molecule has 1 N–H and O–H groups in total. The van der Waals surface area contributed by atoms with E-state index in [2.05, 4.69) is 4.90 Å². The van der Waals surface area contributed by atoms with Gasteiger partial charge in [-0.2, -0.15) is 0 Å². The summed E-state index contributed by atoms with van der Waals surface area (Å²) in [5, 5.41) is 9.80. The molecule has 4 rings (SSSR count). The molecule has 0 aromatic heterocycles. The summed E-state index contributed by atoms with van der Waals surface area (Å²) in [6.07, 6.45) is 2.64. The lowest BCUT2D eigenvalue weighted by atomic mass is 9.66. The van der Waals surface area contributed by atoms with Crippen LogP contribution in [0.25, 0.3) is 0 Å². The number of aliphatic hydroxyl groups is 1. The predicted octanol–water partition coefficient (Wildman–Crippen LogP) is 0.319. The topological polar surface area (TPSA) is 23.5 Å². The monoisotopic (exact) mass is 153 g/mol. The Hall–Kier alpha value is -0.0800. The average molecular weight is 153 g/mol. The molecule has 0 aromatic carbocycles. The zero-order chi connectivity index (χ0) is 7.42. The number of piperidine rings is 3. The summed E-state index contributed by atoms with van der Waals surface area (Å²) in [6, 6.07) is 0. The van der Waals surface area contributed by atoms with Gasteiger partial charge in [-0.05, 0) is 30.6 Å². The molecule has 0 amide bonds. The van der Waals surface area contributed by atoms with Crippen LogP contribution in [-0.4, -0.2) is 35.7 Å². The highest BCUT2D eigenvalue weighted by atomic mass is 16.3. The maximum absolute atomic E-state index is 9.80. The van der Waals surface area contributed by atoms with Crippen molar-refractivity contribution in [3.8, 4) is 0 Å². The molecule has 3 heterocycles. The lowest BCUT2D eigenvalue weighted by Crippen LogP contribution is -2.59. The Morgan fingerprint density at radius 3 is 2.18 bits per heavy atom. The van der Waals surface area contributed by atoms with E-state index in [1.54, 1.807) is 0 Å². The number of aliphatic hydroxyl groups excluding tert-OH is 1. The Morgan fingerprint density at radius 2 is 1.64 bits per heavy atom. The van der Waals surface area contributed by atoms with Crippen molar-refractivity contribution in [3.05, 3.63) is 0 Å². The third-order valence-corrected chi connectivity index (χ3v) is 3.74. The summed E-state index contributed by atoms with van der Waals surface area (Å²) in [4.78, 5) is 2.54. The third kappa shape index (κ3) is 0.798. The molecule has 0 spiro atoms. The second-order valence-electron chi connectivity index (χ2n) is 4.57. The van der Waals surface area contributed by atoms with Crippen LogP contribution in [0.5, 0.6) is 0 Å². The van der Waals surface area contributed by atoms with Gasteiger partial charge in [0.05, 0.1) is 6.10 Å². The standard InChI is InChI=1S/C9H15NO/c11-9-7-1-6-2-8(9)5-10(3-6)4-7/h6-9,11H,1-5H2/t6?,7-,8?,9?/m0/s1. The molecule has 5 atom stereocenters. The van der Waals surface area contributed by atoms with Crippen molar-refractivity contribution in [1.29, 1.82) is 0 Å². The number of hydrogen-bond acceptors (Lipinski definition) is 2. The molecule has 11 heavy (non-hydrogen) atoms. The second-order valence-corrected chi connectivity index (χ2v) is 4.57. The maximum Gasteiger partial charge on any atom is 0.0621 e. The molecular weight excluding hydrogens is 138 g/mol. The first-order valence-electron chi connectivity index (χ1n) is 4.73. The summed E-state index contributed by atoms with van der Waals surface area (Å²) in [7, 11) is 0. The summed E-state index contributed by atoms with van der Waals surface area (Å²) in [5.41, 5.74) is 0. The second kappa shape index (κ2) is 1.99. The third-order valence-electron chi connectivity index (χ3n) is 3.74. The molecule has 3 aliphatic heterocycles. The van der Waals surface area contributed by atoms with Crippen molar-refractivity contribution in [1.82, 2.24) is 4.90 Å². The van der Waals surface area contributed by atoms with Gasteiger partial charge in [-0.3, -0.25) is 0 Å². The molecule has 2 heteroatoms. The fourth-order valence-electron chi connectivity index (χ4n) is 3.38. The average Bonchev–Trinajstić information content (AvgIpc) is 1.98. The highest BCUT2D eigenvalue weighted by molar-refractivity contribution is 4.98. The first-order chi connectivity index (χ1) is 5.33. The van der Waals surface area contributed by atoms with Crippen molar-refractivity contribution in [2.24, 2.45) is 17.8 Å². The Balaban J connectivity index is 1.91. The minimum absolute atomic E-state index is 0.0443. The molecule has 1 saturated carbocycles. The van der Waals surface area contributed by atoms with Crippen LogP contribution in [0.3, 0.4) is 0 Å². The molecule has 1 aliphatic carbocycles. The van der Waals surface area contributed by atoms with Crippen molar-refractivity contribution in [2.75, 3.05) is 19.6 Å². The minimum atomic E-state index is 0.0443. The van der Waals surface area contributed by atoms with Gasteiger partial charge in [0, 0.05) is 19.6 Å². The smallest absolute Gasteiger partial charge is 0.0621 e. The lowest BCUT2D eigenvalue weighted by molar-refractivity contribution is -0.110. The predicted molar refractivity (Wildman–Crippen MR) is 42.2 cm³/mol. The molecule has 3 saturated heterocycles. The first-order valence-corrected chi connectivity index (χ1v) is 4.73. The molecule has 4 fully saturated rings. The van der Waals surface area contributed by atoms with Crippen LogP contribution < -0.4 is 0 Å². The van der Waals surface area contributed by atoms with Crippen molar-refractivity contribution < 1.29 is 5.11 Å². The van der Waals surface area contributed by atoms with E-state index in [9.17, 15) is 5.11 Å². The molecule has 0 radical (unpaired) electrons. The Morgan fingerprint density at radius 1 is 1.00 bits per heavy atom. The van der Waals surface area contributed by atoms with E-state index in [4.69, 9.17) is 0 Å². The Kier molecular flexibility index (Phi) is 1.16. The molecule has 62 valence electrons. The van der Waals surface area contributed by atoms with Gasteiger partial charge in [0.25, 0.3) is 0 Å². The van der Waals surface area contributed by atoms with Gasteiger partial charge >= 0.3 is 0 Å². The highest BCUT2D eigenvalue weighted by Crippen LogP contribution is 2.43. The van der Waals surface area contributed by atoms with Gasteiger partial charge in [-0.25, -0.2) is 0 Å². The van der Waals surface area contributed by atoms with Crippen LogP contribution in [0.1, 0.15) is 12.8 Å². The fraction of sp³-hybridized carbons (Fsp3) is 1.00. The van der Waals surface area contributed by atoms with Crippen LogP contribution in [0.15, 0.2) is 0 Å². The van der Waals surface area contributed by atoms with Gasteiger partial charge in [0.1, 0.15) is 0 Å². The van der Waals surface area contributed by atoms with E-state index in [1.165, 1.54) is 32.5 Å². The molecule has 4 aliphatic rings. The Labute approximate surface area is 67.2 Å². The largest absolute Gasteiger partial charge is 0.392 e. The molecule has 4 bridgehead atoms. The number of nitrogens with zero attached hydrogens (tertiary/aromatic N) is 1. The molecule has 4 unspecified atom stereocenters. The van der Waals surface area contributed by atoms with Gasteiger partial charge in [-0.15, -0.1) is 0 Å². The van der Waals surface area contributed by atoms with E-state index < -0.39 is 0 Å². The Bertz CT molecular complexity index is 152. The van der Waals surface area contributed by atoms with Gasteiger partial charge in [0.2, 0.25) is 0 Å². The van der Waals surface area contributed by atoms with Crippen LogP contribution >= 0.6 is 0 Å². The van der Waals surface area contributed by atoms with Crippen LogP contribution in [0.4, 0.5) is 0 Å². The minimum Gasteiger partial charge on any atom is -0.392 e. The normalized spacial score (nSPS) is 60.3. The number of hydrogen-bond donors (Lipinski definition) is 1. The van der Waals surface area contributed by atoms with E-state index in [0.717, 1.165) is 5.92 Å². The van der Waals surface area contributed by atoms with Crippen LogP contribution in [0, 0.1) is 17.8 Å². The van der Waals surface area contributed by atoms with E-state index in [0.29, 0.717) is 11.8 Å². The zero-order valence-electron chi connectivity index (χ0n) is 6.74. The van der Waals surface area contributed by atoms with E-state index >= 15 is 0 Å². The van der Waals surface area contributed by atoms with Gasteiger partial charge in [-0.1, -0.05) is 0 Å². The maximum atomic E-state index is 9.80. The summed E-state index contributed by atoms with van der Waals surface area (Å²) in [5.74, 6) is 2.18. The molecule has 2 nitrogen and oxygen atoms in total. The lowest BCUT2D eigenvalue weighted by Gasteiger charge is -2.54. The summed E-state index contributed by atoms with van der Waals surface area (Å²) in [6.45, 7) is 3.67. The van der Waals surface area contributed by atoms with Crippen LogP contribution in [-0.2, 0) is 0 Å². The van der Waals surface area contributed by atoms with Gasteiger partial charge < -0.3 is 10.0 Å². The SMILES string of the molecule is OC1C2CC3C[C@H]1CN(C3)C2. The number of rotatable bonds is 0. The fourth-order valence-corrected chi connectivity index (χ4v) is 3.38. The van der Waals surface area contributed by atoms with Crippen LogP contribution in [0.2, 0.25) is 0 Å². The van der Waals surface area contributed by atoms with Gasteiger partial charge in [0.15, 0.2) is 0 Å². The molecular formula is C9H15NO. The zero-order valence-corrected chi connectivity index (χ0v) is 6.74. The summed E-state index contributed by atoms with van der Waals surface area (Å²) < 4.78 is 0. The summed E-state index contributed by atoms with van der Waals surface area (Å²) >= 11 is 0. The highest BCUT2D eigenvalue weighted by Gasteiger charge is 2.46. The quantitative estimate of drug-likeness (QED) is 0.541. The van der Waals surface area contributed by atoms with Crippen molar-refractivity contribution in [3.63, 3.8) is 0 Å². The van der Waals surface area contributed by atoms with E-state index in [1.807, 2.05) is 0 Å². The first kappa shape index (κ1) is 6.44. The molecule has 0 aromatic rings. The van der Waals surface area contributed by atoms with E-state index in [-0.39, 0.29) is 6.10 Å². The van der Waals surface area contributed by atoms with Crippen molar-refractivity contribution in [2.45, 2.75) is 18.9 Å².